The summed E-state index contributed by atoms with van der Waals surface area (Å²) >= 11 is 5.82. The standard InChI is InChI=1S/C31H32BClFNO4/c1-30(2)31(3,4)39-32(38-30)22(15-20-13-14-21(17-33)28(34)16-20)18-35-29(36)37-19-27-25-11-7-5-9-23(25)24-10-6-8-12-26(24)27/h5-16,27H,17-19H2,1-4H3,(H,35,36). The van der Waals surface area contributed by atoms with E-state index in [9.17, 15) is 9.18 Å². The maximum Gasteiger partial charge on any atom is 0.492 e. The van der Waals surface area contributed by atoms with Crippen LogP contribution in [0.3, 0.4) is 0 Å². The summed E-state index contributed by atoms with van der Waals surface area (Å²) in [6, 6.07) is 21.2. The number of nitrogens with one attached hydrogen (secondary N) is 1. The van der Waals surface area contributed by atoms with E-state index in [-0.39, 0.29) is 24.9 Å². The summed E-state index contributed by atoms with van der Waals surface area (Å²) in [5, 5.41) is 2.84. The number of benzene rings is 3. The predicted octanol–water partition coefficient (Wildman–Crippen LogP) is 7.12. The fraction of sp³-hybridized carbons (Fsp3) is 0.323. The van der Waals surface area contributed by atoms with Crippen molar-refractivity contribution in [2.45, 2.75) is 50.7 Å². The smallest absolute Gasteiger partial charge is 0.449 e. The van der Waals surface area contributed by atoms with E-state index in [0.29, 0.717) is 16.6 Å². The maximum atomic E-state index is 14.4. The Morgan fingerprint density at radius 1 is 1.00 bits per heavy atom. The molecular weight excluding hydrogens is 516 g/mol. The van der Waals surface area contributed by atoms with Crippen LogP contribution in [0.1, 0.15) is 55.9 Å². The number of carbonyl (C=O) groups excluding carboxylic acids is 1. The molecule has 1 saturated heterocycles. The average molecular weight is 548 g/mol. The van der Waals surface area contributed by atoms with Gasteiger partial charge >= 0.3 is 13.2 Å². The number of carbonyl (C=O) groups is 1. The van der Waals surface area contributed by atoms with E-state index in [4.69, 9.17) is 25.6 Å². The SMILES string of the molecule is CC1(C)OB(C(=Cc2ccc(CCl)c(F)c2)CNC(=O)OCC2c3ccccc3-c3ccccc32)OC1(C)C. The van der Waals surface area contributed by atoms with Crippen LogP contribution in [0, 0.1) is 5.82 Å². The topological polar surface area (TPSA) is 56.8 Å². The third kappa shape index (κ3) is 5.49. The molecule has 1 amide bonds. The molecule has 0 unspecified atom stereocenters. The Labute approximate surface area is 234 Å². The van der Waals surface area contributed by atoms with Crippen molar-refractivity contribution in [1.29, 1.82) is 0 Å². The molecule has 39 heavy (non-hydrogen) atoms. The zero-order valence-electron chi connectivity index (χ0n) is 22.6. The first-order chi connectivity index (χ1) is 18.6. The summed E-state index contributed by atoms with van der Waals surface area (Å²) in [7, 11) is -0.723. The number of halogens is 2. The van der Waals surface area contributed by atoms with Gasteiger partial charge in [-0.1, -0.05) is 66.7 Å². The van der Waals surface area contributed by atoms with Crippen molar-refractivity contribution < 1.29 is 23.2 Å². The molecule has 1 aliphatic carbocycles. The summed E-state index contributed by atoms with van der Waals surface area (Å²) in [5.74, 6) is -0.343. The summed E-state index contributed by atoms with van der Waals surface area (Å²) in [5.41, 5.74) is 5.14. The number of amides is 1. The number of alkyl carbamates (subject to hydrolysis) is 1. The number of hydrogen-bond acceptors (Lipinski definition) is 4. The number of ether oxygens (including phenoxy) is 1. The van der Waals surface area contributed by atoms with Crippen molar-refractivity contribution in [3.05, 3.63) is 100 Å². The van der Waals surface area contributed by atoms with Crippen LogP contribution in [0.25, 0.3) is 17.2 Å². The minimum Gasteiger partial charge on any atom is -0.449 e. The highest BCUT2D eigenvalue weighted by molar-refractivity contribution is 6.56. The lowest BCUT2D eigenvalue weighted by atomic mass is 9.77. The van der Waals surface area contributed by atoms with E-state index in [1.54, 1.807) is 18.2 Å². The van der Waals surface area contributed by atoms with Crippen LogP contribution in [0.15, 0.2) is 72.2 Å². The lowest BCUT2D eigenvalue weighted by Gasteiger charge is -2.32. The molecule has 5 rings (SSSR count). The fourth-order valence-corrected chi connectivity index (χ4v) is 5.21. The molecule has 0 atom stereocenters. The van der Waals surface area contributed by atoms with Crippen molar-refractivity contribution in [3.8, 4) is 11.1 Å². The zero-order chi connectivity index (χ0) is 27.8. The molecule has 1 heterocycles. The minimum absolute atomic E-state index is 0.0373. The summed E-state index contributed by atoms with van der Waals surface area (Å²) in [6.45, 7) is 8.14. The van der Waals surface area contributed by atoms with Gasteiger partial charge in [-0.15, -0.1) is 11.6 Å². The van der Waals surface area contributed by atoms with Gasteiger partial charge in [-0.05, 0) is 67.1 Å². The monoisotopic (exact) mass is 547 g/mol. The molecule has 2 aliphatic rings. The second kappa shape index (κ2) is 10.8. The van der Waals surface area contributed by atoms with Gasteiger partial charge in [0.2, 0.25) is 0 Å². The molecule has 8 heteroatoms. The molecule has 0 radical (unpaired) electrons. The quantitative estimate of drug-likeness (QED) is 0.253. The second-order valence-electron chi connectivity index (χ2n) is 11.0. The maximum absolute atomic E-state index is 14.4. The summed E-state index contributed by atoms with van der Waals surface area (Å²) in [6.07, 6.45) is 1.22. The first-order valence-corrected chi connectivity index (χ1v) is 13.6. The van der Waals surface area contributed by atoms with E-state index in [1.165, 1.54) is 17.2 Å². The lowest BCUT2D eigenvalue weighted by Crippen LogP contribution is -2.41. The van der Waals surface area contributed by atoms with Crippen molar-refractivity contribution in [2.24, 2.45) is 0 Å². The molecule has 1 aliphatic heterocycles. The minimum atomic E-state index is -0.723. The van der Waals surface area contributed by atoms with Gasteiger partial charge in [0.05, 0.1) is 17.1 Å². The Kier molecular flexibility index (Phi) is 7.60. The van der Waals surface area contributed by atoms with E-state index in [0.717, 1.165) is 11.1 Å². The summed E-state index contributed by atoms with van der Waals surface area (Å²) < 4.78 is 32.6. The van der Waals surface area contributed by atoms with Crippen LogP contribution in [0.4, 0.5) is 9.18 Å². The van der Waals surface area contributed by atoms with Crippen LogP contribution in [-0.2, 0) is 19.9 Å². The molecular formula is C31H32BClFNO4. The van der Waals surface area contributed by atoms with Crippen LogP contribution < -0.4 is 5.32 Å². The molecule has 1 N–H and O–H groups in total. The van der Waals surface area contributed by atoms with Crippen LogP contribution >= 0.6 is 11.6 Å². The molecule has 3 aromatic carbocycles. The molecule has 0 saturated carbocycles. The van der Waals surface area contributed by atoms with Crippen molar-refractivity contribution in [3.63, 3.8) is 0 Å². The lowest BCUT2D eigenvalue weighted by molar-refractivity contribution is 0.00578. The van der Waals surface area contributed by atoms with Gasteiger partial charge in [-0.3, -0.25) is 0 Å². The molecule has 1 fully saturated rings. The molecule has 0 spiro atoms. The Balaban J connectivity index is 1.31. The van der Waals surface area contributed by atoms with E-state index in [1.807, 2.05) is 52.0 Å². The predicted molar refractivity (Wildman–Crippen MR) is 153 cm³/mol. The van der Waals surface area contributed by atoms with Gasteiger partial charge in [-0.2, -0.15) is 0 Å². The Morgan fingerprint density at radius 2 is 1.59 bits per heavy atom. The molecule has 202 valence electrons. The zero-order valence-corrected chi connectivity index (χ0v) is 23.3. The van der Waals surface area contributed by atoms with Gasteiger partial charge in [0.25, 0.3) is 0 Å². The fourth-order valence-electron chi connectivity index (χ4n) is 5.00. The third-order valence-corrected chi connectivity index (χ3v) is 8.20. The Bertz CT molecular complexity index is 1360. The van der Waals surface area contributed by atoms with Crippen molar-refractivity contribution in [2.75, 3.05) is 13.2 Å². The Hall–Kier alpha value is -3.13. The van der Waals surface area contributed by atoms with Gasteiger partial charge in [0, 0.05) is 18.0 Å². The van der Waals surface area contributed by atoms with E-state index >= 15 is 0 Å². The van der Waals surface area contributed by atoms with Crippen LogP contribution in [0.2, 0.25) is 0 Å². The first kappa shape index (κ1) is 27.4. The number of rotatable bonds is 7. The third-order valence-electron chi connectivity index (χ3n) is 7.91. The summed E-state index contributed by atoms with van der Waals surface area (Å²) in [4.78, 5) is 12.9. The van der Waals surface area contributed by atoms with Gasteiger partial charge in [0.15, 0.2) is 0 Å². The highest BCUT2D eigenvalue weighted by Gasteiger charge is 2.52. The van der Waals surface area contributed by atoms with Crippen molar-refractivity contribution >= 4 is 30.9 Å². The highest BCUT2D eigenvalue weighted by atomic mass is 35.5. The van der Waals surface area contributed by atoms with Crippen molar-refractivity contribution in [1.82, 2.24) is 5.32 Å². The van der Waals surface area contributed by atoms with E-state index < -0.39 is 30.2 Å². The largest absolute Gasteiger partial charge is 0.492 e. The van der Waals surface area contributed by atoms with Crippen LogP contribution in [-0.4, -0.2) is 37.6 Å². The highest BCUT2D eigenvalue weighted by Crippen LogP contribution is 2.44. The second-order valence-corrected chi connectivity index (χ2v) is 11.2. The average Bonchev–Trinajstić information content (AvgIpc) is 3.34. The molecule has 0 aromatic heterocycles. The number of fused-ring (bicyclic) bond motifs is 3. The van der Waals surface area contributed by atoms with E-state index in [2.05, 4.69) is 29.6 Å². The van der Waals surface area contributed by atoms with Gasteiger partial charge < -0.3 is 19.4 Å². The molecule has 0 bridgehead atoms. The van der Waals surface area contributed by atoms with Gasteiger partial charge in [-0.25, -0.2) is 9.18 Å². The molecule has 3 aromatic rings. The number of alkyl halides is 1. The van der Waals surface area contributed by atoms with Gasteiger partial charge in [0.1, 0.15) is 12.4 Å². The number of hydrogen-bond donors (Lipinski definition) is 1. The first-order valence-electron chi connectivity index (χ1n) is 13.1. The Morgan fingerprint density at radius 3 is 2.15 bits per heavy atom. The van der Waals surface area contributed by atoms with Crippen LogP contribution in [0.5, 0.6) is 0 Å². The molecule has 5 nitrogen and oxygen atoms in total. The normalized spacial score (nSPS) is 17.6.